The van der Waals surface area contributed by atoms with E-state index in [-0.39, 0.29) is 0 Å². The van der Waals surface area contributed by atoms with Crippen LogP contribution in [-0.2, 0) is 4.79 Å². The van der Waals surface area contributed by atoms with Crippen molar-refractivity contribution in [1.82, 2.24) is 0 Å². The number of carbonyl (C=O) groups is 1. The smallest absolute Gasteiger partial charge is 0.143 e. The van der Waals surface area contributed by atoms with Crippen LogP contribution < -0.4 is 0 Å². The van der Waals surface area contributed by atoms with Crippen LogP contribution in [0.1, 0.15) is 37.7 Å². The molecule has 0 unspecified atom stereocenters. The van der Waals surface area contributed by atoms with E-state index in [2.05, 4.69) is 12.1 Å². The summed E-state index contributed by atoms with van der Waals surface area (Å²) in [5.74, 6) is 0.585. The van der Waals surface area contributed by atoms with E-state index in [1.807, 2.05) is 18.2 Å². The maximum absolute atomic E-state index is 10.8. The summed E-state index contributed by atoms with van der Waals surface area (Å²) in [6, 6.07) is 10.3. The van der Waals surface area contributed by atoms with E-state index in [4.69, 9.17) is 0 Å². The summed E-state index contributed by atoms with van der Waals surface area (Å²) in [6.07, 6.45) is 9.09. The van der Waals surface area contributed by atoms with Gasteiger partial charge in [-0.2, -0.15) is 0 Å². The van der Waals surface area contributed by atoms with Crippen molar-refractivity contribution in [2.45, 2.75) is 32.1 Å². The second-order valence-electron chi connectivity index (χ2n) is 4.46. The molecule has 1 aliphatic rings. The average Bonchev–Trinajstić information content (AvgIpc) is 2.38. The molecule has 0 N–H and O–H groups in total. The Labute approximate surface area is 97.2 Å². The third-order valence-electron chi connectivity index (χ3n) is 3.40. The first-order valence-electron chi connectivity index (χ1n) is 6.12. The molecule has 84 valence electrons. The maximum atomic E-state index is 10.8. The fraction of sp³-hybridized carbons (Fsp3) is 0.400. The quantitative estimate of drug-likeness (QED) is 0.551. The van der Waals surface area contributed by atoms with Crippen molar-refractivity contribution in [3.05, 3.63) is 42.0 Å². The molecule has 0 amide bonds. The molecule has 2 rings (SSSR count). The van der Waals surface area contributed by atoms with Crippen molar-refractivity contribution >= 4 is 11.9 Å². The second kappa shape index (κ2) is 5.64. The second-order valence-corrected chi connectivity index (χ2v) is 4.46. The summed E-state index contributed by atoms with van der Waals surface area (Å²) in [5, 5.41) is 0. The molecule has 1 saturated carbocycles. The van der Waals surface area contributed by atoms with E-state index in [0.717, 1.165) is 6.29 Å². The number of aldehydes is 1. The molecule has 1 aliphatic carbocycles. The van der Waals surface area contributed by atoms with Crippen molar-refractivity contribution in [2.75, 3.05) is 0 Å². The van der Waals surface area contributed by atoms with Gasteiger partial charge in [-0.25, -0.2) is 0 Å². The molecule has 1 heteroatoms. The topological polar surface area (TPSA) is 17.1 Å². The minimum Gasteiger partial charge on any atom is -0.299 e. The number of carbonyl (C=O) groups excluding carboxylic acids is 1. The van der Waals surface area contributed by atoms with Gasteiger partial charge >= 0.3 is 0 Å². The van der Waals surface area contributed by atoms with Crippen LogP contribution in [0.5, 0.6) is 0 Å². The summed E-state index contributed by atoms with van der Waals surface area (Å²) in [7, 11) is 0. The van der Waals surface area contributed by atoms with Crippen molar-refractivity contribution in [3.63, 3.8) is 0 Å². The Kier molecular flexibility index (Phi) is 3.92. The van der Waals surface area contributed by atoms with Crippen LogP contribution in [0.3, 0.4) is 0 Å². The van der Waals surface area contributed by atoms with Gasteiger partial charge in [-0.15, -0.1) is 0 Å². The summed E-state index contributed by atoms with van der Waals surface area (Å²) >= 11 is 0. The molecule has 1 aromatic carbocycles. The SMILES string of the molecule is O=CC=C(c1ccccc1)C1CCCCC1. The molecule has 0 aromatic heterocycles. The first-order chi connectivity index (χ1) is 7.92. The van der Waals surface area contributed by atoms with Crippen molar-refractivity contribution in [3.8, 4) is 0 Å². The van der Waals surface area contributed by atoms with E-state index in [1.165, 1.54) is 43.2 Å². The zero-order valence-electron chi connectivity index (χ0n) is 9.56. The first kappa shape index (κ1) is 11.1. The van der Waals surface area contributed by atoms with Gasteiger partial charge in [0.05, 0.1) is 0 Å². The van der Waals surface area contributed by atoms with Crippen LogP contribution in [0.25, 0.3) is 5.57 Å². The van der Waals surface area contributed by atoms with Crippen LogP contribution in [0, 0.1) is 5.92 Å². The van der Waals surface area contributed by atoms with Crippen molar-refractivity contribution < 1.29 is 4.79 Å². The largest absolute Gasteiger partial charge is 0.299 e. The van der Waals surface area contributed by atoms with E-state index in [0.29, 0.717) is 5.92 Å². The zero-order valence-corrected chi connectivity index (χ0v) is 9.56. The summed E-state index contributed by atoms with van der Waals surface area (Å²) < 4.78 is 0. The standard InChI is InChI=1S/C15H18O/c16-12-11-15(13-7-3-1-4-8-13)14-9-5-2-6-10-14/h1,3-4,7-8,11-12,14H,2,5-6,9-10H2. The average molecular weight is 214 g/mol. The van der Waals surface area contributed by atoms with Crippen LogP contribution in [0.2, 0.25) is 0 Å². The summed E-state index contributed by atoms with van der Waals surface area (Å²) in [6.45, 7) is 0. The Morgan fingerprint density at radius 2 is 1.75 bits per heavy atom. The summed E-state index contributed by atoms with van der Waals surface area (Å²) in [5.41, 5.74) is 2.44. The zero-order chi connectivity index (χ0) is 11.2. The predicted octanol–water partition coefficient (Wildman–Crippen LogP) is 3.85. The van der Waals surface area contributed by atoms with Gasteiger partial charge in [0.25, 0.3) is 0 Å². The molecule has 0 heterocycles. The molecule has 0 spiro atoms. The number of hydrogen-bond acceptors (Lipinski definition) is 1. The molecular weight excluding hydrogens is 196 g/mol. The van der Waals surface area contributed by atoms with Crippen LogP contribution in [-0.4, -0.2) is 6.29 Å². The van der Waals surface area contributed by atoms with Crippen LogP contribution in [0.4, 0.5) is 0 Å². The van der Waals surface area contributed by atoms with Gasteiger partial charge in [0.15, 0.2) is 0 Å². The third kappa shape index (κ3) is 2.60. The van der Waals surface area contributed by atoms with Crippen LogP contribution in [0.15, 0.2) is 36.4 Å². The van der Waals surface area contributed by atoms with Gasteiger partial charge in [-0.05, 0) is 36.0 Å². The number of benzene rings is 1. The monoisotopic (exact) mass is 214 g/mol. The fourth-order valence-corrected chi connectivity index (χ4v) is 2.59. The van der Waals surface area contributed by atoms with E-state index < -0.39 is 0 Å². The molecule has 0 aliphatic heterocycles. The third-order valence-corrected chi connectivity index (χ3v) is 3.40. The molecule has 16 heavy (non-hydrogen) atoms. The van der Waals surface area contributed by atoms with E-state index in [1.54, 1.807) is 6.08 Å². The Bertz CT molecular complexity index is 358. The highest BCUT2D eigenvalue weighted by atomic mass is 16.1. The van der Waals surface area contributed by atoms with Crippen LogP contribution >= 0.6 is 0 Å². The highest BCUT2D eigenvalue weighted by Crippen LogP contribution is 2.34. The Hall–Kier alpha value is -1.37. The van der Waals surface area contributed by atoms with Gasteiger partial charge < -0.3 is 0 Å². The molecule has 1 nitrogen and oxygen atoms in total. The van der Waals surface area contributed by atoms with Crippen molar-refractivity contribution in [1.29, 1.82) is 0 Å². The van der Waals surface area contributed by atoms with Gasteiger partial charge in [0, 0.05) is 0 Å². The van der Waals surface area contributed by atoms with Gasteiger partial charge in [0.2, 0.25) is 0 Å². The van der Waals surface area contributed by atoms with Gasteiger partial charge in [0.1, 0.15) is 6.29 Å². The molecule has 1 fully saturated rings. The van der Waals surface area contributed by atoms with E-state index >= 15 is 0 Å². The molecule has 0 bridgehead atoms. The number of allylic oxidation sites excluding steroid dienone is 2. The predicted molar refractivity (Wildman–Crippen MR) is 67.1 cm³/mol. The fourth-order valence-electron chi connectivity index (χ4n) is 2.59. The Morgan fingerprint density at radius 1 is 1.06 bits per heavy atom. The minimum absolute atomic E-state index is 0.585. The van der Waals surface area contributed by atoms with Gasteiger partial charge in [-0.3, -0.25) is 4.79 Å². The lowest BCUT2D eigenvalue weighted by molar-refractivity contribution is -0.104. The normalized spacial score (nSPS) is 18.4. The van der Waals surface area contributed by atoms with E-state index in [9.17, 15) is 4.79 Å². The number of hydrogen-bond donors (Lipinski definition) is 0. The highest BCUT2D eigenvalue weighted by Gasteiger charge is 2.18. The Balaban J connectivity index is 2.23. The highest BCUT2D eigenvalue weighted by molar-refractivity contribution is 5.82. The first-order valence-corrected chi connectivity index (χ1v) is 6.12. The summed E-state index contributed by atoms with van der Waals surface area (Å²) in [4.78, 5) is 10.8. The molecule has 0 radical (unpaired) electrons. The minimum atomic E-state index is 0.585. The lowest BCUT2D eigenvalue weighted by atomic mass is 9.81. The molecular formula is C15H18O. The lowest BCUT2D eigenvalue weighted by Crippen LogP contribution is -2.08. The van der Waals surface area contributed by atoms with Gasteiger partial charge in [-0.1, -0.05) is 49.6 Å². The number of rotatable bonds is 3. The maximum Gasteiger partial charge on any atom is 0.143 e. The molecule has 0 saturated heterocycles. The lowest BCUT2D eigenvalue weighted by Gasteiger charge is -2.24. The molecule has 0 atom stereocenters. The molecule has 1 aromatic rings. The van der Waals surface area contributed by atoms with Crippen molar-refractivity contribution in [2.24, 2.45) is 5.92 Å². The Morgan fingerprint density at radius 3 is 2.38 bits per heavy atom.